The zero-order valence-electron chi connectivity index (χ0n) is 17.1. The van der Waals surface area contributed by atoms with Gasteiger partial charge in [0.25, 0.3) is 0 Å². The zero-order valence-corrected chi connectivity index (χ0v) is 19.3. The van der Waals surface area contributed by atoms with Gasteiger partial charge in [-0.25, -0.2) is 0 Å². The lowest BCUT2D eigenvalue weighted by Gasteiger charge is -2.17. The fourth-order valence-corrected chi connectivity index (χ4v) is 4.03. The summed E-state index contributed by atoms with van der Waals surface area (Å²) in [5, 5.41) is 4.83. The van der Waals surface area contributed by atoms with Crippen LogP contribution in [0.25, 0.3) is 10.9 Å². The molecule has 4 heteroatoms. The summed E-state index contributed by atoms with van der Waals surface area (Å²) in [6, 6.07) is 8.56. The molecule has 0 radical (unpaired) electrons. The van der Waals surface area contributed by atoms with Crippen LogP contribution in [0, 0.1) is 3.57 Å². The van der Waals surface area contributed by atoms with E-state index >= 15 is 0 Å². The molecule has 150 valence electrons. The minimum atomic E-state index is 1.05. The standard InChI is InChI=1S/C23H36IN3/c1-3-27(4-2)18-12-10-8-6-5-7-9-11-16-25-22-15-17-26-23-19-20(24)13-14-21(22)23/h13-15,17,19H,3-12,16,18H2,1-2H3,(H,25,26). The van der Waals surface area contributed by atoms with E-state index in [0.29, 0.717) is 0 Å². The third-order valence-corrected chi connectivity index (χ3v) is 5.99. The maximum absolute atomic E-state index is 4.47. The van der Waals surface area contributed by atoms with E-state index in [0.717, 1.165) is 12.1 Å². The summed E-state index contributed by atoms with van der Waals surface area (Å²) in [5.41, 5.74) is 2.29. The van der Waals surface area contributed by atoms with Crippen LogP contribution in [-0.2, 0) is 0 Å². The van der Waals surface area contributed by atoms with Gasteiger partial charge in [0.1, 0.15) is 0 Å². The molecule has 0 aliphatic rings. The summed E-state index contributed by atoms with van der Waals surface area (Å²) in [7, 11) is 0. The van der Waals surface area contributed by atoms with E-state index in [2.05, 4.69) is 75.9 Å². The van der Waals surface area contributed by atoms with Crippen molar-refractivity contribution in [2.75, 3.05) is 31.5 Å². The molecule has 2 aromatic rings. The summed E-state index contributed by atoms with van der Waals surface area (Å²) in [4.78, 5) is 7.00. The van der Waals surface area contributed by atoms with Crippen molar-refractivity contribution < 1.29 is 0 Å². The first-order chi connectivity index (χ1) is 13.2. The van der Waals surface area contributed by atoms with Crippen molar-refractivity contribution in [1.82, 2.24) is 9.88 Å². The van der Waals surface area contributed by atoms with Crippen LogP contribution in [0.15, 0.2) is 30.5 Å². The van der Waals surface area contributed by atoms with E-state index in [1.807, 2.05) is 6.20 Å². The minimum Gasteiger partial charge on any atom is -0.384 e. The van der Waals surface area contributed by atoms with Gasteiger partial charge in [0.15, 0.2) is 0 Å². The van der Waals surface area contributed by atoms with Crippen LogP contribution >= 0.6 is 22.6 Å². The predicted octanol–water partition coefficient (Wildman–Crippen LogP) is 6.71. The number of hydrogen-bond donors (Lipinski definition) is 1. The van der Waals surface area contributed by atoms with E-state index < -0.39 is 0 Å². The monoisotopic (exact) mass is 481 g/mol. The van der Waals surface area contributed by atoms with Crippen molar-refractivity contribution in [3.8, 4) is 0 Å². The van der Waals surface area contributed by atoms with Gasteiger partial charge in [-0.05, 0) is 79.3 Å². The Bertz CT molecular complexity index is 655. The third kappa shape index (κ3) is 8.34. The molecule has 0 bridgehead atoms. The van der Waals surface area contributed by atoms with Crippen LogP contribution in [0.1, 0.15) is 65.2 Å². The van der Waals surface area contributed by atoms with Gasteiger partial charge in [0.2, 0.25) is 0 Å². The van der Waals surface area contributed by atoms with Crippen molar-refractivity contribution in [2.45, 2.75) is 65.2 Å². The highest BCUT2D eigenvalue weighted by atomic mass is 127. The number of halogens is 1. The zero-order chi connectivity index (χ0) is 19.3. The average molecular weight is 481 g/mol. The number of fused-ring (bicyclic) bond motifs is 1. The second-order valence-corrected chi connectivity index (χ2v) is 8.55. The molecule has 0 aliphatic carbocycles. The Morgan fingerprint density at radius 3 is 2.26 bits per heavy atom. The van der Waals surface area contributed by atoms with Gasteiger partial charge in [-0.15, -0.1) is 0 Å². The second-order valence-electron chi connectivity index (χ2n) is 7.30. The van der Waals surface area contributed by atoms with Crippen LogP contribution in [0.4, 0.5) is 5.69 Å². The first kappa shape index (κ1) is 22.4. The Kier molecular flexibility index (Phi) is 11.1. The number of nitrogens with one attached hydrogen (secondary N) is 1. The Hall–Kier alpha value is -0.880. The number of benzene rings is 1. The molecule has 2 rings (SSSR count). The largest absolute Gasteiger partial charge is 0.384 e. The Balaban J connectivity index is 1.51. The van der Waals surface area contributed by atoms with Crippen molar-refractivity contribution in [3.63, 3.8) is 0 Å². The topological polar surface area (TPSA) is 28.2 Å². The molecular weight excluding hydrogens is 445 g/mol. The second kappa shape index (κ2) is 13.3. The number of pyridine rings is 1. The fraction of sp³-hybridized carbons (Fsp3) is 0.609. The predicted molar refractivity (Wildman–Crippen MR) is 128 cm³/mol. The number of unbranched alkanes of at least 4 members (excludes halogenated alkanes) is 7. The summed E-state index contributed by atoms with van der Waals surface area (Å²) in [6.45, 7) is 9.24. The third-order valence-electron chi connectivity index (χ3n) is 5.32. The van der Waals surface area contributed by atoms with Crippen LogP contribution in [-0.4, -0.2) is 36.1 Å². The Labute approximate surface area is 179 Å². The van der Waals surface area contributed by atoms with Crippen LogP contribution in [0.3, 0.4) is 0 Å². The van der Waals surface area contributed by atoms with E-state index in [-0.39, 0.29) is 0 Å². The molecule has 0 saturated heterocycles. The fourth-order valence-electron chi connectivity index (χ4n) is 3.56. The number of nitrogens with zero attached hydrogens (tertiary/aromatic N) is 2. The van der Waals surface area contributed by atoms with Crippen molar-refractivity contribution in [1.29, 1.82) is 0 Å². The van der Waals surface area contributed by atoms with Crippen molar-refractivity contribution in [3.05, 3.63) is 34.0 Å². The smallest absolute Gasteiger partial charge is 0.0733 e. The number of anilines is 1. The molecule has 1 aromatic heterocycles. The van der Waals surface area contributed by atoms with Gasteiger partial charge in [-0.2, -0.15) is 0 Å². The van der Waals surface area contributed by atoms with E-state index in [4.69, 9.17) is 0 Å². The van der Waals surface area contributed by atoms with Crippen molar-refractivity contribution in [2.24, 2.45) is 0 Å². The molecule has 0 unspecified atom stereocenters. The van der Waals surface area contributed by atoms with Crippen LogP contribution in [0.5, 0.6) is 0 Å². The molecule has 3 nitrogen and oxygen atoms in total. The maximum atomic E-state index is 4.47. The number of hydrogen-bond acceptors (Lipinski definition) is 3. The molecule has 0 saturated carbocycles. The summed E-state index contributed by atoms with van der Waals surface area (Å²) < 4.78 is 1.23. The van der Waals surface area contributed by atoms with Gasteiger partial charge in [-0.1, -0.05) is 52.4 Å². The first-order valence-electron chi connectivity index (χ1n) is 10.7. The maximum Gasteiger partial charge on any atom is 0.0733 e. The molecule has 0 spiro atoms. The Morgan fingerprint density at radius 2 is 1.56 bits per heavy atom. The lowest BCUT2D eigenvalue weighted by atomic mass is 10.1. The molecule has 0 fully saturated rings. The number of aromatic nitrogens is 1. The van der Waals surface area contributed by atoms with Crippen LogP contribution in [0.2, 0.25) is 0 Å². The lowest BCUT2D eigenvalue weighted by molar-refractivity contribution is 0.295. The van der Waals surface area contributed by atoms with E-state index in [1.54, 1.807) is 0 Å². The van der Waals surface area contributed by atoms with Gasteiger partial charge in [-0.3, -0.25) is 4.98 Å². The average Bonchev–Trinajstić information content (AvgIpc) is 2.68. The number of rotatable bonds is 14. The van der Waals surface area contributed by atoms with Gasteiger partial charge < -0.3 is 10.2 Å². The molecular formula is C23H36IN3. The van der Waals surface area contributed by atoms with Gasteiger partial charge >= 0.3 is 0 Å². The molecule has 0 aliphatic heterocycles. The minimum absolute atomic E-state index is 1.05. The van der Waals surface area contributed by atoms with E-state index in [1.165, 1.54) is 85.6 Å². The molecule has 1 heterocycles. The summed E-state index contributed by atoms with van der Waals surface area (Å²) in [5.74, 6) is 0. The van der Waals surface area contributed by atoms with E-state index in [9.17, 15) is 0 Å². The van der Waals surface area contributed by atoms with Crippen LogP contribution < -0.4 is 5.32 Å². The highest BCUT2D eigenvalue weighted by molar-refractivity contribution is 14.1. The summed E-state index contributed by atoms with van der Waals surface area (Å²) >= 11 is 2.34. The quantitative estimate of drug-likeness (QED) is 0.240. The Morgan fingerprint density at radius 1 is 0.889 bits per heavy atom. The van der Waals surface area contributed by atoms with Gasteiger partial charge in [0, 0.05) is 27.4 Å². The molecule has 0 amide bonds. The highest BCUT2D eigenvalue weighted by Crippen LogP contribution is 2.23. The lowest BCUT2D eigenvalue weighted by Crippen LogP contribution is -2.23. The van der Waals surface area contributed by atoms with Gasteiger partial charge in [0.05, 0.1) is 5.52 Å². The summed E-state index contributed by atoms with van der Waals surface area (Å²) in [6.07, 6.45) is 12.8. The molecule has 1 N–H and O–H groups in total. The first-order valence-corrected chi connectivity index (χ1v) is 11.8. The SMILES string of the molecule is CCN(CC)CCCCCCCCCCNc1ccnc2cc(I)ccc12. The normalized spacial score (nSPS) is 11.4. The molecule has 1 aromatic carbocycles. The molecule has 27 heavy (non-hydrogen) atoms. The van der Waals surface area contributed by atoms with Crippen molar-refractivity contribution >= 4 is 39.2 Å². The molecule has 0 atom stereocenters. The highest BCUT2D eigenvalue weighted by Gasteiger charge is 2.02.